The summed E-state index contributed by atoms with van der Waals surface area (Å²) in [5, 5.41) is 0. The summed E-state index contributed by atoms with van der Waals surface area (Å²) >= 11 is 0. The molecule has 2 heterocycles. The van der Waals surface area contributed by atoms with Crippen LogP contribution in [0.15, 0.2) is 41.3 Å². The zero-order valence-corrected chi connectivity index (χ0v) is 16.8. The van der Waals surface area contributed by atoms with Gasteiger partial charge in [0.25, 0.3) is 0 Å². The van der Waals surface area contributed by atoms with Crippen LogP contribution in [0.3, 0.4) is 0 Å². The predicted octanol–water partition coefficient (Wildman–Crippen LogP) is 3.36. The lowest BCUT2D eigenvalue weighted by molar-refractivity contribution is 0.101. The van der Waals surface area contributed by atoms with Gasteiger partial charge >= 0.3 is 0 Å². The van der Waals surface area contributed by atoms with E-state index in [9.17, 15) is 13.2 Å². The highest BCUT2D eigenvalue weighted by Gasteiger charge is 2.35. The second-order valence-electron chi connectivity index (χ2n) is 7.17. The van der Waals surface area contributed by atoms with Crippen LogP contribution in [0, 0.1) is 0 Å². The van der Waals surface area contributed by atoms with Crippen molar-refractivity contribution >= 4 is 15.8 Å². The Morgan fingerprint density at radius 2 is 1.71 bits per heavy atom. The molecule has 0 fully saturated rings. The molecule has 6 nitrogen and oxygen atoms in total. The zero-order chi connectivity index (χ0) is 19.9. The molecule has 4 rings (SSSR count). The van der Waals surface area contributed by atoms with Crippen molar-refractivity contribution in [2.75, 3.05) is 19.8 Å². The Kier molecular flexibility index (Phi) is 4.89. The lowest BCUT2D eigenvalue weighted by atomic mass is 9.94. The third-order valence-corrected chi connectivity index (χ3v) is 7.34. The number of ketones is 1. The van der Waals surface area contributed by atoms with Gasteiger partial charge in [-0.05, 0) is 55.7 Å². The molecule has 0 spiro atoms. The minimum atomic E-state index is -3.67. The molecule has 28 heavy (non-hydrogen) atoms. The molecule has 0 radical (unpaired) electrons. The normalized spacial score (nSPS) is 19.6. The molecule has 0 N–H and O–H groups in total. The molecule has 1 atom stereocenters. The summed E-state index contributed by atoms with van der Waals surface area (Å²) in [6.07, 6.45) is 1.44. The van der Waals surface area contributed by atoms with Crippen LogP contribution in [0.1, 0.15) is 47.8 Å². The number of Topliss-reactive ketones (excluding diaryl/α,β-unsaturated/α-hetero) is 1. The van der Waals surface area contributed by atoms with Gasteiger partial charge in [0.1, 0.15) is 0 Å². The Labute approximate surface area is 165 Å². The van der Waals surface area contributed by atoms with Crippen LogP contribution in [0.2, 0.25) is 0 Å². The maximum Gasteiger partial charge on any atom is 0.243 e. The molecule has 0 saturated carbocycles. The van der Waals surface area contributed by atoms with Gasteiger partial charge < -0.3 is 9.47 Å². The Morgan fingerprint density at radius 3 is 2.36 bits per heavy atom. The van der Waals surface area contributed by atoms with E-state index in [0.717, 1.165) is 23.3 Å². The summed E-state index contributed by atoms with van der Waals surface area (Å²) < 4.78 is 39.5. The highest BCUT2D eigenvalue weighted by Crippen LogP contribution is 2.40. The van der Waals surface area contributed by atoms with E-state index < -0.39 is 10.0 Å². The van der Waals surface area contributed by atoms with Crippen LogP contribution in [0.4, 0.5) is 0 Å². The Morgan fingerprint density at radius 1 is 1.07 bits per heavy atom. The van der Waals surface area contributed by atoms with Crippen LogP contribution in [0.5, 0.6) is 11.5 Å². The molecule has 148 valence electrons. The van der Waals surface area contributed by atoms with E-state index in [1.165, 1.54) is 23.4 Å². The number of nitrogens with zero attached hydrogens (tertiary/aromatic N) is 1. The van der Waals surface area contributed by atoms with Crippen LogP contribution in [-0.2, 0) is 16.4 Å². The Bertz CT molecular complexity index is 1010. The van der Waals surface area contributed by atoms with E-state index in [1.807, 2.05) is 19.1 Å². The van der Waals surface area contributed by atoms with Crippen LogP contribution < -0.4 is 9.47 Å². The highest BCUT2D eigenvalue weighted by atomic mass is 32.2. The van der Waals surface area contributed by atoms with Crippen molar-refractivity contribution in [1.29, 1.82) is 0 Å². The Hall–Kier alpha value is -2.38. The standard InChI is InChI=1S/C21H23NO5S/c1-14-19-13-21-20(26-10-3-11-27-21)12-17(19)8-9-22(14)28(24,25)18-6-4-16(5-7-18)15(2)23/h4-7,12-14H,3,8-11H2,1-2H3. The summed E-state index contributed by atoms with van der Waals surface area (Å²) in [6, 6.07) is 9.70. The van der Waals surface area contributed by atoms with Crippen molar-refractivity contribution in [3.63, 3.8) is 0 Å². The van der Waals surface area contributed by atoms with Crippen LogP contribution in [0.25, 0.3) is 0 Å². The van der Waals surface area contributed by atoms with Gasteiger partial charge in [-0.15, -0.1) is 0 Å². The number of hydrogen-bond acceptors (Lipinski definition) is 5. The average molecular weight is 401 g/mol. The van der Waals surface area contributed by atoms with E-state index in [4.69, 9.17) is 9.47 Å². The summed E-state index contributed by atoms with van der Waals surface area (Å²) in [5.41, 5.74) is 2.53. The third kappa shape index (κ3) is 3.29. The number of sulfonamides is 1. The molecular formula is C21H23NO5S. The lowest BCUT2D eigenvalue weighted by Gasteiger charge is -2.34. The van der Waals surface area contributed by atoms with Gasteiger partial charge in [-0.2, -0.15) is 4.31 Å². The number of rotatable bonds is 3. The minimum absolute atomic E-state index is 0.0906. The molecule has 0 amide bonds. The molecule has 2 aromatic rings. The van der Waals surface area contributed by atoms with Gasteiger partial charge in [-0.3, -0.25) is 4.79 Å². The fraction of sp³-hybridized carbons (Fsp3) is 0.381. The number of ether oxygens (including phenoxy) is 2. The topological polar surface area (TPSA) is 72.9 Å². The molecule has 0 saturated heterocycles. The van der Waals surface area contributed by atoms with E-state index in [2.05, 4.69) is 0 Å². The summed E-state index contributed by atoms with van der Waals surface area (Å²) in [7, 11) is -3.67. The summed E-state index contributed by atoms with van der Waals surface area (Å²) in [4.78, 5) is 11.7. The van der Waals surface area contributed by atoms with Gasteiger partial charge in [0, 0.05) is 24.6 Å². The minimum Gasteiger partial charge on any atom is -0.490 e. The van der Waals surface area contributed by atoms with Gasteiger partial charge in [-0.1, -0.05) is 12.1 Å². The summed E-state index contributed by atoms with van der Waals surface area (Å²) in [6.45, 7) is 4.96. The van der Waals surface area contributed by atoms with E-state index in [1.54, 1.807) is 12.1 Å². The molecule has 0 aliphatic carbocycles. The number of fused-ring (bicyclic) bond motifs is 2. The van der Waals surface area contributed by atoms with Crippen molar-refractivity contribution in [1.82, 2.24) is 4.31 Å². The molecule has 1 unspecified atom stereocenters. The smallest absolute Gasteiger partial charge is 0.243 e. The van der Waals surface area contributed by atoms with Crippen molar-refractivity contribution in [3.05, 3.63) is 53.1 Å². The second-order valence-corrected chi connectivity index (χ2v) is 9.06. The fourth-order valence-corrected chi connectivity index (χ4v) is 5.39. The first-order valence-electron chi connectivity index (χ1n) is 9.43. The quantitative estimate of drug-likeness (QED) is 0.738. The van der Waals surface area contributed by atoms with Crippen molar-refractivity contribution < 1.29 is 22.7 Å². The largest absolute Gasteiger partial charge is 0.490 e. The molecule has 7 heteroatoms. The fourth-order valence-electron chi connectivity index (χ4n) is 3.78. The van der Waals surface area contributed by atoms with Gasteiger partial charge in [-0.25, -0.2) is 8.42 Å². The molecule has 0 bridgehead atoms. The van der Waals surface area contributed by atoms with E-state index in [0.29, 0.717) is 37.5 Å². The number of benzene rings is 2. The maximum atomic E-state index is 13.2. The van der Waals surface area contributed by atoms with Crippen molar-refractivity contribution in [2.45, 2.75) is 37.6 Å². The van der Waals surface area contributed by atoms with Gasteiger partial charge in [0.15, 0.2) is 17.3 Å². The number of carbonyl (C=O) groups excluding carboxylic acids is 1. The van der Waals surface area contributed by atoms with E-state index in [-0.39, 0.29) is 16.7 Å². The first-order chi connectivity index (χ1) is 13.4. The van der Waals surface area contributed by atoms with Crippen LogP contribution >= 0.6 is 0 Å². The number of hydrogen-bond donors (Lipinski definition) is 0. The van der Waals surface area contributed by atoms with E-state index >= 15 is 0 Å². The summed E-state index contributed by atoms with van der Waals surface area (Å²) in [5.74, 6) is 1.32. The predicted molar refractivity (Wildman–Crippen MR) is 105 cm³/mol. The van der Waals surface area contributed by atoms with Crippen LogP contribution in [-0.4, -0.2) is 38.3 Å². The molecule has 2 aliphatic heterocycles. The van der Waals surface area contributed by atoms with Crippen molar-refractivity contribution in [2.24, 2.45) is 0 Å². The first-order valence-corrected chi connectivity index (χ1v) is 10.9. The molecule has 2 aromatic carbocycles. The van der Waals surface area contributed by atoms with Gasteiger partial charge in [0.05, 0.1) is 18.1 Å². The molecule has 0 aromatic heterocycles. The second kappa shape index (κ2) is 7.22. The average Bonchev–Trinajstić information content (AvgIpc) is 2.91. The maximum absolute atomic E-state index is 13.2. The molecule has 2 aliphatic rings. The SMILES string of the molecule is CC(=O)c1ccc(S(=O)(=O)N2CCc3cc4c(cc3C2C)OCCCO4)cc1. The highest BCUT2D eigenvalue weighted by molar-refractivity contribution is 7.89. The van der Waals surface area contributed by atoms with Gasteiger partial charge in [0.2, 0.25) is 10.0 Å². The Balaban J connectivity index is 1.67. The third-order valence-electron chi connectivity index (χ3n) is 5.36. The monoisotopic (exact) mass is 401 g/mol. The zero-order valence-electron chi connectivity index (χ0n) is 16.0. The molecular weight excluding hydrogens is 378 g/mol. The van der Waals surface area contributed by atoms with Crippen molar-refractivity contribution in [3.8, 4) is 11.5 Å². The first kappa shape index (κ1) is 19.0. The number of carbonyl (C=O) groups is 1. The lowest BCUT2D eigenvalue weighted by Crippen LogP contribution is -2.38.